The Balaban J connectivity index is 2.40. The first kappa shape index (κ1) is 10.6. The molecule has 2 heterocycles. The summed E-state index contributed by atoms with van der Waals surface area (Å²) in [7, 11) is 0. The number of hydrogen-bond donors (Lipinski definition) is 0. The molecular weight excluding hydrogens is 289 g/mol. The number of halogens is 2. The van der Waals surface area contributed by atoms with Gasteiger partial charge in [0.1, 0.15) is 5.58 Å². The molecule has 4 rings (SSSR count). The highest BCUT2D eigenvalue weighted by Gasteiger charge is 2.16. The quantitative estimate of drug-likeness (QED) is 0.428. The van der Waals surface area contributed by atoms with Gasteiger partial charge in [-0.25, -0.2) is 4.98 Å². The van der Waals surface area contributed by atoms with E-state index in [2.05, 4.69) is 4.98 Å². The van der Waals surface area contributed by atoms with Crippen LogP contribution in [0.15, 0.2) is 34.7 Å². The van der Waals surface area contributed by atoms with Crippen molar-refractivity contribution in [3.05, 3.63) is 39.8 Å². The summed E-state index contributed by atoms with van der Waals surface area (Å²) in [6, 6.07) is 9.68. The van der Waals surface area contributed by atoms with E-state index in [1.807, 2.05) is 30.3 Å². The third-order valence-corrected chi connectivity index (χ3v) is 4.32. The van der Waals surface area contributed by atoms with E-state index in [9.17, 15) is 0 Å². The molecule has 0 N–H and O–H groups in total. The zero-order valence-electron chi connectivity index (χ0n) is 8.91. The van der Waals surface area contributed by atoms with Crippen molar-refractivity contribution in [2.24, 2.45) is 0 Å². The van der Waals surface area contributed by atoms with Gasteiger partial charge in [0.25, 0.3) is 0 Å². The molecule has 18 heavy (non-hydrogen) atoms. The minimum atomic E-state index is 0.513. The SMILES string of the molecule is Clc1nc2c(cc(Cl)c3oc4ccccc4c32)s1. The summed E-state index contributed by atoms with van der Waals surface area (Å²) in [5.74, 6) is 0. The van der Waals surface area contributed by atoms with E-state index in [0.717, 1.165) is 26.6 Å². The highest BCUT2D eigenvalue weighted by atomic mass is 35.5. The van der Waals surface area contributed by atoms with Crippen molar-refractivity contribution < 1.29 is 4.42 Å². The number of nitrogens with zero attached hydrogens (tertiary/aromatic N) is 1. The van der Waals surface area contributed by atoms with Gasteiger partial charge in [-0.15, -0.1) is 11.3 Å². The van der Waals surface area contributed by atoms with Crippen molar-refractivity contribution >= 4 is 66.7 Å². The molecule has 2 nitrogen and oxygen atoms in total. The van der Waals surface area contributed by atoms with E-state index < -0.39 is 0 Å². The fourth-order valence-electron chi connectivity index (χ4n) is 2.21. The number of para-hydroxylation sites is 1. The summed E-state index contributed by atoms with van der Waals surface area (Å²) in [5.41, 5.74) is 2.34. The largest absolute Gasteiger partial charge is 0.454 e. The Morgan fingerprint density at radius 2 is 2.00 bits per heavy atom. The molecule has 88 valence electrons. The van der Waals surface area contributed by atoms with Crippen LogP contribution in [-0.4, -0.2) is 4.98 Å². The number of aromatic nitrogens is 1. The standard InChI is InChI=1S/C13H5Cl2NOS/c14-7-5-9-11(16-13(15)18-9)10-6-3-1-2-4-8(6)17-12(7)10/h1-5H. The van der Waals surface area contributed by atoms with Gasteiger partial charge in [0.2, 0.25) is 0 Å². The smallest absolute Gasteiger partial charge is 0.184 e. The highest BCUT2D eigenvalue weighted by Crippen LogP contribution is 2.40. The Morgan fingerprint density at radius 3 is 2.89 bits per heavy atom. The van der Waals surface area contributed by atoms with Crippen molar-refractivity contribution in [1.29, 1.82) is 0 Å². The first-order valence-electron chi connectivity index (χ1n) is 5.30. The summed E-state index contributed by atoms with van der Waals surface area (Å²) >= 11 is 13.7. The zero-order chi connectivity index (χ0) is 12.3. The molecule has 0 unspecified atom stereocenters. The third kappa shape index (κ3) is 1.32. The Kier molecular flexibility index (Phi) is 2.13. The molecule has 0 saturated heterocycles. The Labute approximate surface area is 116 Å². The van der Waals surface area contributed by atoms with Crippen LogP contribution >= 0.6 is 34.5 Å². The second kappa shape index (κ2) is 3.60. The number of hydrogen-bond acceptors (Lipinski definition) is 3. The number of fused-ring (bicyclic) bond motifs is 5. The van der Waals surface area contributed by atoms with E-state index in [1.54, 1.807) is 0 Å². The van der Waals surface area contributed by atoms with Crippen LogP contribution in [-0.2, 0) is 0 Å². The molecule has 0 aliphatic heterocycles. The lowest BCUT2D eigenvalue weighted by Crippen LogP contribution is -1.73. The van der Waals surface area contributed by atoms with Gasteiger partial charge < -0.3 is 4.42 Å². The van der Waals surface area contributed by atoms with Crippen molar-refractivity contribution in [2.45, 2.75) is 0 Å². The number of rotatable bonds is 0. The molecule has 0 amide bonds. The highest BCUT2D eigenvalue weighted by molar-refractivity contribution is 7.22. The van der Waals surface area contributed by atoms with Crippen molar-refractivity contribution in [3.8, 4) is 0 Å². The summed E-state index contributed by atoms with van der Waals surface area (Å²) in [4.78, 5) is 4.37. The third-order valence-electron chi connectivity index (χ3n) is 2.93. The van der Waals surface area contributed by atoms with Crippen LogP contribution < -0.4 is 0 Å². The van der Waals surface area contributed by atoms with Gasteiger partial charge in [-0.05, 0) is 12.1 Å². The van der Waals surface area contributed by atoms with Gasteiger partial charge in [-0.1, -0.05) is 41.4 Å². The first-order valence-corrected chi connectivity index (χ1v) is 6.87. The van der Waals surface area contributed by atoms with Crippen LogP contribution in [0.5, 0.6) is 0 Å². The average Bonchev–Trinajstić information content (AvgIpc) is 2.89. The number of benzene rings is 2. The summed E-state index contributed by atoms with van der Waals surface area (Å²) in [6.07, 6.45) is 0. The second-order valence-corrected chi connectivity index (χ2v) is 5.99. The predicted octanol–water partition coefficient (Wildman–Crippen LogP) is 5.50. The molecule has 0 bridgehead atoms. The van der Waals surface area contributed by atoms with Crippen molar-refractivity contribution in [3.63, 3.8) is 0 Å². The van der Waals surface area contributed by atoms with Gasteiger partial charge in [-0.3, -0.25) is 0 Å². The van der Waals surface area contributed by atoms with Crippen LogP contribution in [0.3, 0.4) is 0 Å². The predicted molar refractivity (Wildman–Crippen MR) is 76.9 cm³/mol. The Morgan fingerprint density at radius 1 is 1.17 bits per heavy atom. The fraction of sp³-hybridized carbons (Fsp3) is 0. The Hall–Kier alpha value is -1.29. The first-order chi connectivity index (χ1) is 8.74. The Bertz CT molecular complexity index is 909. The van der Waals surface area contributed by atoms with Gasteiger partial charge in [0, 0.05) is 5.39 Å². The van der Waals surface area contributed by atoms with E-state index in [1.165, 1.54) is 11.3 Å². The topological polar surface area (TPSA) is 26.0 Å². The molecule has 0 aliphatic rings. The lowest BCUT2D eigenvalue weighted by molar-refractivity contribution is 0.669. The normalized spacial score (nSPS) is 11.9. The fourth-order valence-corrected chi connectivity index (χ4v) is 3.59. The minimum Gasteiger partial charge on any atom is -0.454 e. The molecule has 0 aliphatic carbocycles. The van der Waals surface area contributed by atoms with Gasteiger partial charge in [0.15, 0.2) is 10.0 Å². The summed E-state index contributed by atoms with van der Waals surface area (Å²) in [6.45, 7) is 0. The van der Waals surface area contributed by atoms with Crippen LogP contribution in [0, 0.1) is 0 Å². The van der Waals surface area contributed by atoms with Crippen LogP contribution in [0.2, 0.25) is 9.49 Å². The average molecular weight is 294 g/mol. The molecule has 0 atom stereocenters. The number of furan rings is 1. The lowest BCUT2D eigenvalue weighted by Gasteiger charge is -1.94. The van der Waals surface area contributed by atoms with Crippen LogP contribution in [0.25, 0.3) is 32.2 Å². The molecule has 5 heteroatoms. The van der Waals surface area contributed by atoms with Crippen molar-refractivity contribution in [2.75, 3.05) is 0 Å². The zero-order valence-corrected chi connectivity index (χ0v) is 11.2. The molecule has 0 spiro atoms. The molecule has 0 radical (unpaired) electrons. The maximum atomic E-state index is 6.26. The molecule has 4 aromatic rings. The van der Waals surface area contributed by atoms with Crippen LogP contribution in [0.4, 0.5) is 0 Å². The maximum Gasteiger partial charge on any atom is 0.184 e. The van der Waals surface area contributed by atoms with Gasteiger partial charge >= 0.3 is 0 Å². The molecule has 2 aromatic carbocycles. The van der Waals surface area contributed by atoms with E-state index >= 15 is 0 Å². The summed E-state index contributed by atoms with van der Waals surface area (Å²) < 4.78 is 7.28. The maximum absolute atomic E-state index is 6.26. The van der Waals surface area contributed by atoms with E-state index in [0.29, 0.717) is 15.1 Å². The summed E-state index contributed by atoms with van der Waals surface area (Å²) in [5, 5.41) is 2.55. The van der Waals surface area contributed by atoms with Gasteiger partial charge in [-0.2, -0.15) is 0 Å². The molecule has 0 fully saturated rings. The van der Waals surface area contributed by atoms with E-state index in [-0.39, 0.29) is 0 Å². The second-order valence-electron chi connectivity index (χ2n) is 3.97. The molecule has 2 aromatic heterocycles. The molecular formula is C13H5Cl2NOS. The van der Waals surface area contributed by atoms with Gasteiger partial charge in [0.05, 0.1) is 20.6 Å². The monoisotopic (exact) mass is 293 g/mol. The van der Waals surface area contributed by atoms with Crippen molar-refractivity contribution in [1.82, 2.24) is 4.98 Å². The van der Waals surface area contributed by atoms with Crippen LogP contribution in [0.1, 0.15) is 0 Å². The molecule has 0 saturated carbocycles. The minimum absolute atomic E-state index is 0.513. The lowest BCUT2D eigenvalue weighted by atomic mass is 10.1. The van der Waals surface area contributed by atoms with E-state index in [4.69, 9.17) is 27.6 Å². The number of thiazole rings is 1.